The van der Waals surface area contributed by atoms with E-state index in [4.69, 9.17) is 0 Å². The van der Waals surface area contributed by atoms with Gasteiger partial charge in [0.2, 0.25) is 0 Å². The van der Waals surface area contributed by atoms with Gasteiger partial charge >= 0.3 is 6.18 Å². The second-order valence-corrected chi connectivity index (χ2v) is 6.35. The van der Waals surface area contributed by atoms with Crippen LogP contribution >= 0.6 is 0 Å². The van der Waals surface area contributed by atoms with E-state index in [9.17, 15) is 27.6 Å². The van der Waals surface area contributed by atoms with Gasteiger partial charge in [-0.25, -0.2) is 4.68 Å². The number of carbonyl (C=O) groups excluding carboxylic acids is 1. The van der Waals surface area contributed by atoms with Crippen LogP contribution in [0.2, 0.25) is 0 Å². The number of rotatable bonds is 4. The van der Waals surface area contributed by atoms with Gasteiger partial charge in [0.25, 0.3) is 17.0 Å². The van der Waals surface area contributed by atoms with Crippen molar-refractivity contribution < 1.29 is 18.0 Å². The van der Waals surface area contributed by atoms with Crippen LogP contribution in [0.4, 0.5) is 13.2 Å². The number of aromatic amines is 1. The maximum atomic E-state index is 12.7. The van der Waals surface area contributed by atoms with Crippen LogP contribution < -0.4 is 16.4 Å². The summed E-state index contributed by atoms with van der Waals surface area (Å²) in [5.74, 6) is -0.481. The molecule has 29 heavy (non-hydrogen) atoms. The molecular weight excluding hydrogens is 387 g/mol. The van der Waals surface area contributed by atoms with Crippen LogP contribution in [0, 0.1) is 0 Å². The first kappa shape index (κ1) is 20.1. The summed E-state index contributed by atoms with van der Waals surface area (Å²) in [5.41, 5.74) is -0.697. The Balaban J connectivity index is 1.80. The standard InChI is InChI=1S/C20H16F3N3O3/c1-12(13-5-7-15(8-6-13)20(21,22)23)24-19(29)14-3-2-4-16(11-14)26-18(28)10-9-17(27)25-26/h2-12H,1H3,(H,24,29)(H,25,27)/t12-/m1/s1. The molecule has 1 amide bonds. The lowest BCUT2D eigenvalue weighted by atomic mass is 10.1. The van der Waals surface area contributed by atoms with E-state index in [0.29, 0.717) is 11.3 Å². The fourth-order valence-electron chi connectivity index (χ4n) is 2.73. The summed E-state index contributed by atoms with van der Waals surface area (Å²) in [6.45, 7) is 1.64. The molecule has 1 heterocycles. The van der Waals surface area contributed by atoms with Crippen molar-refractivity contribution in [2.45, 2.75) is 19.1 Å². The lowest BCUT2D eigenvalue weighted by molar-refractivity contribution is -0.137. The number of benzene rings is 2. The van der Waals surface area contributed by atoms with E-state index in [1.165, 1.54) is 24.3 Å². The third-order valence-electron chi connectivity index (χ3n) is 4.27. The highest BCUT2D eigenvalue weighted by molar-refractivity contribution is 5.95. The quantitative estimate of drug-likeness (QED) is 0.702. The van der Waals surface area contributed by atoms with Crippen LogP contribution in [0.1, 0.15) is 34.5 Å². The highest BCUT2D eigenvalue weighted by Gasteiger charge is 2.30. The van der Waals surface area contributed by atoms with Gasteiger partial charge in [-0.05, 0) is 42.8 Å². The fraction of sp³-hybridized carbons (Fsp3) is 0.150. The van der Waals surface area contributed by atoms with Crippen LogP contribution in [0.5, 0.6) is 0 Å². The number of hydrogen-bond acceptors (Lipinski definition) is 3. The van der Waals surface area contributed by atoms with Crippen LogP contribution in [0.3, 0.4) is 0 Å². The SMILES string of the molecule is C[C@@H](NC(=O)c1cccc(-n2[nH]c(=O)ccc2=O)c1)c1ccc(C(F)(F)F)cc1. The monoisotopic (exact) mass is 403 g/mol. The average Bonchev–Trinajstić information content (AvgIpc) is 2.69. The Morgan fingerprint density at radius 2 is 1.72 bits per heavy atom. The van der Waals surface area contributed by atoms with E-state index < -0.39 is 34.8 Å². The molecule has 2 N–H and O–H groups in total. The van der Waals surface area contributed by atoms with Crippen molar-refractivity contribution in [1.82, 2.24) is 15.1 Å². The van der Waals surface area contributed by atoms with Gasteiger partial charge in [-0.15, -0.1) is 0 Å². The fourth-order valence-corrected chi connectivity index (χ4v) is 2.73. The van der Waals surface area contributed by atoms with Crippen LogP contribution in [0.15, 0.2) is 70.3 Å². The van der Waals surface area contributed by atoms with Crippen molar-refractivity contribution in [1.29, 1.82) is 0 Å². The third-order valence-corrected chi connectivity index (χ3v) is 4.27. The molecular formula is C20H16F3N3O3. The molecule has 0 saturated carbocycles. The predicted molar refractivity (Wildman–Crippen MR) is 100.0 cm³/mol. The Kier molecular flexibility index (Phi) is 5.40. The minimum Gasteiger partial charge on any atom is -0.346 e. The number of carbonyl (C=O) groups is 1. The largest absolute Gasteiger partial charge is 0.416 e. The number of hydrogen-bond donors (Lipinski definition) is 2. The lowest BCUT2D eigenvalue weighted by Gasteiger charge is -2.16. The second-order valence-electron chi connectivity index (χ2n) is 6.35. The lowest BCUT2D eigenvalue weighted by Crippen LogP contribution is -2.28. The molecule has 0 saturated heterocycles. The van der Waals surface area contributed by atoms with Crippen LogP contribution in [-0.4, -0.2) is 15.7 Å². The number of amides is 1. The molecule has 3 aromatic rings. The normalized spacial score (nSPS) is 12.4. The molecule has 0 bridgehead atoms. The minimum atomic E-state index is -4.43. The van der Waals surface area contributed by atoms with Gasteiger partial charge < -0.3 is 5.32 Å². The van der Waals surface area contributed by atoms with E-state index in [0.717, 1.165) is 28.9 Å². The number of alkyl halides is 3. The summed E-state index contributed by atoms with van der Waals surface area (Å²) in [5, 5.41) is 5.06. The molecule has 0 unspecified atom stereocenters. The number of aromatic nitrogens is 2. The zero-order chi connectivity index (χ0) is 21.2. The van der Waals surface area contributed by atoms with Crippen molar-refractivity contribution in [3.8, 4) is 5.69 Å². The molecule has 150 valence electrons. The Hall–Kier alpha value is -3.62. The summed E-state index contributed by atoms with van der Waals surface area (Å²) in [4.78, 5) is 35.9. The van der Waals surface area contributed by atoms with Gasteiger partial charge in [0.05, 0.1) is 17.3 Å². The van der Waals surface area contributed by atoms with E-state index in [1.807, 2.05) is 0 Å². The summed E-state index contributed by atoms with van der Waals surface area (Å²) >= 11 is 0. The molecule has 0 aliphatic carbocycles. The first-order valence-corrected chi connectivity index (χ1v) is 8.56. The van der Waals surface area contributed by atoms with E-state index in [1.54, 1.807) is 19.1 Å². The molecule has 0 fully saturated rings. The van der Waals surface area contributed by atoms with E-state index in [-0.39, 0.29) is 5.56 Å². The Bertz CT molecular complexity index is 1150. The van der Waals surface area contributed by atoms with Gasteiger partial charge in [-0.2, -0.15) is 13.2 Å². The highest BCUT2D eigenvalue weighted by atomic mass is 19.4. The number of halogens is 3. The zero-order valence-electron chi connectivity index (χ0n) is 15.2. The molecule has 0 aliphatic rings. The van der Waals surface area contributed by atoms with Crippen molar-refractivity contribution >= 4 is 5.91 Å². The predicted octanol–water partition coefficient (Wildman–Crippen LogP) is 3.04. The molecule has 9 heteroatoms. The first-order valence-electron chi connectivity index (χ1n) is 8.56. The Morgan fingerprint density at radius 1 is 1.03 bits per heavy atom. The average molecular weight is 403 g/mol. The molecule has 3 rings (SSSR count). The Labute approximate surface area is 162 Å². The van der Waals surface area contributed by atoms with Gasteiger partial charge in [-0.1, -0.05) is 18.2 Å². The Morgan fingerprint density at radius 3 is 2.38 bits per heavy atom. The maximum Gasteiger partial charge on any atom is 0.416 e. The van der Waals surface area contributed by atoms with Gasteiger partial charge in [-0.3, -0.25) is 19.5 Å². The first-order chi connectivity index (χ1) is 13.6. The summed E-state index contributed by atoms with van der Waals surface area (Å²) < 4.78 is 39.0. The maximum absolute atomic E-state index is 12.7. The second kappa shape index (κ2) is 7.78. The molecule has 0 spiro atoms. The molecule has 0 radical (unpaired) electrons. The highest BCUT2D eigenvalue weighted by Crippen LogP contribution is 2.29. The number of nitrogens with zero attached hydrogens (tertiary/aromatic N) is 1. The van der Waals surface area contributed by atoms with Crippen LogP contribution in [0.25, 0.3) is 5.69 Å². The molecule has 2 aromatic carbocycles. The molecule has 0 aliphatic heterocycles. The van der Waals surface area contributed by atoms with Gasteiger partial charge in [0, 0.05) is 17.7 Å². The van der Waals surface area contributed by atoms with E-state index >= 15 is 0 Å². The van der Waals surface area contributed by atoms with Crippen molar-refractivity contribution in [2.75, 3.05) is 0 Å². The van der Waals surface area contributed by atoms with Gasteiger partial charge in [0.15, 0.2) is 0 Å². The number of nitrogens with one attached hydrogen (secondary N) is 2. The summed E-state index contributed by atoms with van der Waals surface area (Å²) in [7, 11) is 0. The number of H-pyrrole nitrogens is 1. The van der Waals surface area contributed by atoms with Crippen LogP contribution in [-0.2, 0) is 6.18 Å². The smallest absolute Gasteiger partial charge is 0.346 e. The molecule has 1 aromatic heterocycles. The van der Waals surface area contributed by atoms with Crippen molar-refractivity contribution in [2.24, 2.45) is 0 Å². The topological polar surface area (TPSA) is 84.0 Å². The molecule has 6 nitrogen and oxygen atoms in total. The van der Waals surface area contributed by atoms with E-state index in [2.05, 4.69) is 10.4 Å². The summed E-state index contributed by atoms with van der Waals surface area (Å²) in [6, 6.07) is 12.2. The zero-order valence-corrected chi connectivity index (χ0v) is 15.2. The minimum absolute atomic E-state index is 0.220. The van der Waals surface area contributed by atoms with Crippen molar-refractivity contribution in [3.63, 3.8) is 0 Å². The summed E-state index contributed by atoms with van der Waals surface area (Å²) in [6.07, 6.45) is -4.43. The van der Waals surface area contributed by atoms with Crippen molar-refractivity contribution in [3.05, 3.63) is 98.1 Å². The molecule has 1 atom stereocenters. The van der Waals surface area contributed by atoms with Gasteiger partial charge in [0.1, 0.15) is 0 Å². The third kappa shape index (κ3) is 4.63.